The first-order chi connectivity index (χ1) is 9.01. The molecule has 0 amide bonds. The van der Waals surface area contributed by atoms with Crippen LogP contribution in [0, 0.1) is 0 Å². The second-order valence-electron chi connectivity index (χ2n) is 4.39. The second-order valence-corrected chi connectivity index (χ2v) is 6.31. The van der Waals surface area contributed by atoms with Crippen LogP contribution in [0.2, 0.25) is 0 Å². The standard InChI is InChI=1S/C12H16F2N2O2S/c13-12(14)19(17,18)11-4-2-10(3-5-11)16-8-1-6-15-7-9-16/h2-5,12,15H,1,6-9H2. The molecule has 0 spiro atoms. The molecule has 106 valence electrons. The van der Waals surface area contributed by atoms with Crippen molar-refractivity contribution in [3.8, 4) is 0 Å². The van der Waals surface area contributed by atoms with Crippen molar-refractivity contribution in [1.29, 1.82) is 0 Å². The van der Waals surface area contributed by atoms with Gasteiger partial charge in [-0.1, -0.05) is 0 Å². The molecule has 2 rings (SSSR count). The van der Waals surface area contributed by atoms with Gasteiger partial charge in [0, 0.05) is 25.3 Å². The molecule has 1 fully saturated rings. The molecule has 1 aromatic carbocycles. The third kappa shape index (κ3) is 3.22. The summed E-state index contributed by atoms with van der Waals surface area (Å²) in [5, 5.41) is 3.26. The predicted octanol–water partition coefficient (Wildman–Crippen LogP) is 1.48. The monoisotopic (exact) mass is 290 g/mol. The fourth-order valence-corrected chi connectivity index (χ4v) is 2.77. The van der Waals surface area contributed by atoms with E-state index < -0.39 is 15.6 Å². The SMILES string of the molecule is O=S(=O)(c1ccc(N2CCCNCC2)cc1)C(F)F. The van der Waals surface area contributed by atoms with E-state index >= 15 is 0 Å². The van der Waals surface area contributed by atoms with Crippen molar-refractivity contribution in [1.82, 2.24) is 5.32 Å². The molecule has 7 heteroatoms. The minimum absolute atomic E-state index is 0.334. The highest BCUT2D eigenvalue weighted by Gasteiger charge is 2.26. The van der Waals surface area contributed by atoms with E-state index in [0.29, 0.717) is 0 Å². The molecular weight excluding hydrogens is 274 g/mol. The number of benzene rings is 1. The number of nitrogens with one attached hydrogen (secondary N) is 1. The minimum Gasteiger partial charge on any atom is -0.370 e. The zero-order chi connectivity index (χ0) is 13.9. The molecule has 1 aliphatic rings. The number of rotatable bonds is 3. The zero-order valence-electron chi connectivity index (χ0n) is 10.4. The van der Waals surface area contributed by atoms with E-state index in [9.17, 15) is 17.2 Å². The molecule has 0 bridgehead atoms. The van der Waals surface area contributed by atoms with Crippen LogP contribution in [0.25, 0.3) is 0 Å². The summed E-state index contributed by atoms with van der Waals surface area (Å²) in [4.78, 5) is 1.78. The van der Waals surface area contributed by atoms with Gasteiger partial charge >= 0.3 is 5.76 Å². The van der Waals surface area contributed by atoms with Crippen LogP contribution >= 0.6 is 0 Å². The number of hydrogen-bond donors (Lipinski definition) is 1. The van der Waals surface area contributed by atoms with Gasteiger partial charge in [-0.05, 0) is 37.2 Å². The number of anilines is 1. The Morgan fingerprint density at radius 1 is 1.11 bits per heavy atom. The summed E-state index contributed by atoms with van der Waals surface area (Å²) >= 11 is 0. The summed E-state index contributed by atoms with van der Waals surface area (Å²) in [6.45, 7) is 3.50. The predicted molar refractivity (Wildman–Crippen MR) is 69.3 cm³/mol. The van der Waals surface area contributed by atoms with Crippen molar-refractivity contribution >= 4 is 15.5 Å². The summed E-state index contributed by atoms with van der Waals surface area (Å²) in [7, 11) is -4.50. The van der Waals surface area contributed by atoms with Gasteiger partial charge in [-0.2, -0.15) is 8.78 Å². The number of sulfone groups is 1. The van der Waals surface area contributed by atoms with Gasteiger partial charge in [0.2, 0.25) is 9.84 Å². The summed E-state index contributed by atoms with van der Waals surface area (Å²) in [5.74, 6) is -3.37. The lowest BCUT2D eigenvalue weighted by Crippen LogP contribution is -2.27. The van der Waals surface area contributed by atoms with Gasteiger partial charge in [-0.3, -0.25) is 0 Å². The summed E-state index contributed by atoms with van der Waals surface area (Å²) in [6, 6.07) is 5.66. The summed E-state index contributed by atoms with van der Waals surface area (Å²) < 4.78 is 47.4. The Bertz CT molecular complexity index is 509. The lowest BCUT2D eigenvalue weighted by Gasteiger charge is -2.22. The number of alkyl halides is 2. The van der Waals surface area contributed by atoms with E-state index in [4.69, 9.17) is 0 Å². The van der Waals surface area contributed by atoms with Gasteiger partial charge in [0.25, 0.3) is 0 Å². The fourth-order valence-electron chi connectivity index (χ4n) is 2.05. The quantitative estimate of drug-likeness (QED) is 0.916. The van der Waals surface area contributed by atoms with Crippen molar-refractivity contribution in [2.75, 3.05) is 31.1 Å². The first-order valence-corrected chi connectivity index (χ1v) is 7.64. The maximum Gasteiger partial charge on any atom is 0.341 e. The topological polar surface area (TPSA) is 49.4 Å². The first kappa shape index (κ1) is 14.2. The van der Waals surface area contributed by atoms with Crippen LogP contribution in [0.15, 0.2) is 29.2 Å². The smallest absolute Gasteiger partial charge is 0.341 e. The molecule has 1 N–H and O–H groups in total. The van der Waals surface area contributed by atoms with E-state index in [1.54, 1.807) is 12.1 Å². The molecular formula is C12H16F2N2O2S. The molecule has 4 nitrogen and oxygen atoms in total. The highest BCUT2D eigenvalue weighted by atomic mass is 32.2. The largest absolute Gasteiger partial charge is 0.370 e. The van der Waals surface area contributed by atoms with Gasteiger partial charge in [-0.15, -0.1) is 0 Å². The molecule has 1 saturated heterocycles. The molecule has 0 atom stereocenters. The molecule has 0 aromatic heterocycles. The number of halogens is 2. The molecule has 19 heavy (non-hydrogen) atoms. The fraction of sp³-hybridized carbons (Fsp3) is 0.500. The number of nitrogens with zero attached hydrogens (tertiary/aromatic N) is 1. The van der Waals surface area contributed by atoms with Crippen LogP contribution in [0.1, 0.15) is 6.42 Å². The van der Waals surface area contributed by atoms with Crippen molar-refractivity contribution < 1.29 is 17.2 Å². The maximum atomic E-state index is 12.4. The van der Waals surface area contributed by atoms with Gasteiger partial charge in [0.05, 0.1) is 4.90 Å². The van der Waals surface area contributed by atoms with E-state index in [-0.39, 0.29) is 4.90 Å². The Labute approximate surface area is 111 Å². The Morgan fingerprint density at radius 3 is 2.42 bits per heavy atom. The second kappa shape index (κ2) is 5.83. The van der Waals surface area contributed by atoms with Crippen molar-refractivity contribution in [3.63, 3.8) is 0 Å². The average Bonchev–Trinajstić information content (AvgIpc) is 2.67. The average molecular weight is 290 g/mol. The lowest BCUT2D eigenvalue weighted by molar-refractivity contribution is 0.234. The molecule has 0 unspecified atom stereocenters. The highest BCUT2D eigenvalue weighted by molar-refractivity contribution is 7.91. The lowest BCUT2D eigenvalue weighted by atomic mass is 10.2. The number of hydrogen-bond acceptors (Lipinski definition) is 4. The molecule has 0 aliphatic carbocycles. The van der Waals surface area contributed by atoms with Crippen LogP contribution in [0.5, 0.6) is 0 Å². The highest BCUT2D eigenvalue weighted by Crippen LogP contribution is 2.22. The van der Waals surface area contributed by atoms with Gasteiger partial charge < -0.3 is 10.2 Å². The molecule has 1 aliphatic heterocycles. The van der Waals surface area contributed by atoms with Crippen molar-refractivity contribution in [2.45, 2.75) is 17.1 Å². The Kier molecular flexibility index (Phi) is 4.36. The van der Waals surface area contributed by atoms with E-state index in [1.165, 1.54) is 12.1 Å². The van der Waals surface area contributed by atoms with Crippen LogP contribution in [-0.4, -0.2) is 40.4 Å². The Balaban J connectivity index is 2.18. The molecule has 1 heterocycles. The minimum atomic E-state index is -4.50. The maximum absolute atomic E-state index is 12.4. The van der Waals surface area contributed by atoms with Crippen LogP contribution < -0.4 is 10.2 Å². The summed E-state index contributed by atoms with van der Waals surface area (Å²) in [5.41, 5.74) is 0.858. The van der Waals surface area contributed by atoms with Crippen molar-refractivity contribution in [2.24, 2.45) is 0 Å². The van der Waals surface area contributed by atoms with Gasteiger partial charge in [-0.25, -0.2) is 8.42 Å². The van der Waals surface area contributed by atoms with Gasteiger partial charge in [0.1, 0.15) is 0 Å². The molecule has 0 radical (unpaired) electrons. The first-order valence-electron chi connectivity index (χ1n) is 6.09. The van der Waals surface area contributed by atoms with Gasteiger partial charge in [0.15, 0.2) is 0 Å². The Morgan fingerprint density at radius 2 is 1.79 bits per heavy atom. The van der Waals surface area contributed by atoms with Crippen molar-refractivity contribution in [3.05, 3.63) is 24.3 Å². The zero-order valence-corrected chi connectivity index (χ0v) is 11.2. The Hall–Kier alpha value is -1.21. The van der Waals surface area contributed by atoms with Crippen LogP contribution in [0.4, 0.5) is 14.5 Å². The third-order valence-corrected chi connectivity index (χ3v) is 4.50. The third-order valence-electron chi connectivity index (χ3n) is 3.11. The van der Waals surface area contributed by atoms with Crippen LogP contribution in [-0.2, 0) is 9.84 Å². The van der Waals surface area contributed by atoms with Crippen LogP contribution in [0.3, 0.4) is 0 Å². The molecule has 1 aromatic rings. The summed E-state index contributed by atoms with van der Waals surface area (Å²) in [6.07, 6.45) is 0.997. The van der Waals surface area contributed by atoms with E-state index in [1.807, 2.05) is 0 Å². The normalized spacial score (nSPS) is 17.5. The molecule has 0 saturated carbocycles. The van der Waals surface area contributed by atoms with E-state index in [0.717, 1.165) is 38.3 Å². The van der Waals surface area contributed by atoms with E-state index in [2.05, 4.69) is 10.2 Å².